The predicted molar refractivity (Wildman–Crippen MR) is 97.9 cm³/mol. The molecule has 2 aliphatic rings. The third kappa shape index (κ3) is 5.44. The van der Waals surface area contributed by atoms with E-state index in [0.717, 1.165) is 63.7 Å². The smallest absolute Gasteiger partial charge is 0.226 e. The summed E-state index contributed by atoms with van der Waals surface area (Å²) < 4.78 is 10.9. The normalized spacial score (nSPS) is 22.0. The van der Waals surface area contributed by atoms with Gasteiger partial charge in [0.15, 0.2) is 0 Å². The van der Waals surface area contributed by atoms with Crippen molar-refractivity contribution in [1.82, 2.24) is 9.80 Å². The van der Waals surface area contributed by atoms with Gasteiger partial charge in [-0.15, -0.1) is 0 Å². The minimum absolute atomic E-state index is 0.246. The Morgan fingerprint density at radius 1 is 1.20 bits per heavy atom. The van der Waals surface area contributed by atoms with Crippen LogP contribution in [0, 0.1) is 5.92 Å². The van der Waals surface area contributed by atoms with Crippen LogP contribution in [0.4, 0.5) is 0 Å². The number of morpholine rings is 1. The van der Waals surface area contributed by atoms with Crippen molar-refractivity contribution < 1.29 is 14.3 Å². The molecule has 0 radical (unpaired) electrons. The van der Waals surface area contributed by atoms with Gasteiger partial charge in [0.1, 0.15) is 5.75 Å². The fraction of sp³-hybridized carbons (Fsp3) is 0.650. The van der Waals surface area contributed by atoms with Crippen LogP contribution in [0.1, 0.15) is 25.3 Å². The zero-order chi connectivity index (χ0) is 17.5. The molecule has 1 aromatic carbocycles. The molecular weight excluding hydrogens is 316 g/mol. The van der Waals surface area contributed by atoms with Crippen LogP contribution in [0.5, 0.6) is 5.75 Å². The van der Waals surface area contributed by atoms with Crippen molar-refractivity contribution in [2.75, 3.05) is 52.5 Å². The minimum Gasteiger partial charge on any atom is -0.494 e. The van der Waals surface area contributed by atoms with Crippen molar-refractivity contribution in [3.8, 4) is 5.75 Å². The molecule has 0 aliphatic carbocycles. The van der Waals surface area contributed by atoms with Crippen molar-refractivity contribution in [2.24, 2.45) is 5.92 Å². The van der Waals surface area contributed by atoms with Crippen LogP contribution in [0.15, 0.2) is 24.3 Å². The van der Waals surface area contributed by atoms with E-state index >= 15 is 0 Å². The lowest BCUT2D eigenvalue weighted by molar-refractivity contribution is -0.132. The highest BCUT2D eigenvalue weighted by molar-refractivity contribution is 5.78. The zero-order valence-electron chi connectivity index (χ0n) is 15.3. The maximum atomic E-state index is 12.7. The van der Waals surface area contributed by atoms with E-state index in [1.807, 2.05) is 31.2 Å². The fourth-order valence-electron chi connectivity index (χ4n) is 3.75. The third-order valence-corrected chi connectivity index (χ3v) is 5.08. The Morgan fingerprint density at radius 2 is 1.96 bits per heavy atom. The number of piperidine rings is 1. The summed E-state index contributed by atoms with van der Waals surface area (Å²) in [5.74, 6) is 1.70. The lowest BCUT2D eigenvalue weighted by Gasteiger charge is -2.36. The Bertz CT molecular complexity index is 540. The molecular formula is C20H30N2O3. The predicted octanol–water partition coefficient (Wildman–Crippen LogP) is 2.20. The van der Waals surface area contributed by atoms with Crippen LogP contribution >= 0.6 is 0 Å². The number of rotatable bonds is 6. The summed E-state index contributed by atoms with van der Waals surface area (Å²) in [6, 6.07) is 7.89. The van der Waals surface area contributed by atoms with E-state index in [2.05, 4.69) is 9.80 Å². The molecule has 0 aromatic heterocycles. The molecule has 2 fully saturated rings. The molecule has 2 heterocycles. The first-order valence-electron chi connectivity index (χ1n) is 9.54. The molecule has 138 valence electrons. The molecule has 3 rings (SSSR count). The molecule has 1 amide bonds. The van der Waals surface area contributed by atoms with Gasteiger partial charge in [0.25, 0.3) is 0 Å². The van der Waals surface area contributed by atoms with Gasteiger partial charge in [0.2, 0.25) is 5.91 Å². The average molecular weight is 346 g/mol. The van der Waals surface area contributed by atoms with Gasteiger partial charge >= 0.3 is 0 Å². The minimum atomic E-state index is 0.246. The molecule has 0 unspecified atom stereocenters. The van der Waals surface area contributed by atoms with Crippen molar-refractivity contribution in [2.45, 2.75) is 26.2 Å². The number of benzene rings is 1. The van der Waals surface area contributed by atoms with E-state index in [1.165, 1.54) is 6.42 Å². The summed E-state index contributed by atoms with van der Waals surface area (Å²) in [6.07, 6.45) is 2.82. The van der Waals surface area contributed by atoms with Crippen molar-refractivity contribution in [3.05, 3.63) is 29.8 Å². The zero-order valence-corrected chi connectivity index (χ0v) is 15.3. The highest BCUT2D eigenvalue weighted by atomic mass is 16.5. The number of amides is 1. The van der Waals surface area contributed by atoms with Crippen LogP contribution in [0.3, 0.4) is 0 Å². The number of hydrogen-bond donors (Lipinski definition) is 0. The van der Waals surface area contributed by atoms with Crippen molar-refractivity contribution in [1.29, 1.82) is 0 Å². The second-order valence-electron chi connectivity index (χ2n) is 7.01. The standard InChI is InChI=1S/C20H30N2O3/c1-2-25-19-7-5-17(6-8-19)14-20(23)22-9-3-4-18(16-22)15-21-10-12-24-13-11-21/h5-8,18H,2-4,9-16H2,1H3/t18-/m0/s1. The maximum absolute atomic E-state index is 12.7. The first-order valence-corrected chi connectivity index (χ1v) is 9.54. The number of carbonyl (C=O) groups is 1. The molecule has 0 spiro atoms. The molecule has 2 saturated heterocycles. The van der Waals surface area contributed by atoms with Gasteiger partial charge in [-0.2, -0.15) is 0 Å². The molecule has 0 N–H and O–H groups in total. The van der Waals surface area contributed by atoms with E-state index in [9.17, 15) is 4.79 Å². The third-order valence-electron chi connectivity index (χ3n) is 5.08. The van der Waals surface area contributed by atoms with Gasteiger partial charge in [0.05, 0.1) is 26.2 Å². The Morgan fingerprint density at radius 3 is 2.68 bits per heavy atom. The summed E-state index contributed by atoms with van der Waals surface area (Å²) in [6.45, 7) is 9.25. The lowest BCUT2D eigenvalue weighted by atomic mass is 9.96. The average Bonchev–Trinajstić information content (AvgIpc) is 2.65. The summed E-state index contributed by atoms with van der Waals surface area (Å²) in [5, 5.41) is 0. The number of likely N-dealkylation sites (tertiary alicyclic amines) is 1. The highest BCUT2D eigenvalue weighted by Gasteiger charge is 2.25. The molecule has 1 aromatic rings. The number of carbonyl (C=O) groups excluding carboxylic acids is 1. The monoisotopic (exact) mass is 346 g/mol. The molecule has 25 heavy (non-hydrogen) atoms. The van der Waals surface area contributed by atoms with Gasteiger partial charge in [-0.3, -0.25) is 9.69 Å². The van der Waals surface area contributed by atoms with Gasteiger partial charge < -0.3 is 14.4 Å². The number of hydrogen-bond acceptors (Lipinski definition) is 4. The van der Waals surface area contributed by atoms with E-state index in [0.29, 0.717) is 18.9 Å². The first kappa shape index (κ1) is 18.2. The van der Waals surface area contributed by atoms with E-state index in [4.69, 9.17) is 9.47 Å². The van der Waals surface area contributed by atoms with Crippen LogP contribution < -0.4 is 4.74 Å². The second kappa shape index (κ2) is 9.20. The van der Waals surface area contributed by atoms with E-state index < -0.39 is 0 Å². The van der Waals surface area contributed by atoms with Crippen LogP contribution in [0.2, 0.25) is 0 Å². The quantitative estimate of drug-likeness (QED) is 0.792. The van der Waals surface area contributed by atoms with Gasteiger partial charge in [-0.05, 0) is 43.4 Å². The van der Waals surface area contributed by atoms with Gasteiger partial charge in [-0.1, -0.05) is 12.1 Å². The van der Waals surface area contributed by atoms with Gasteiger partial charge in [0, 0.05) is 32.7 Å². The first-order chi connectivity index (χ1) is 12.2. The van der Waals surface area contributed by atoms with Crippen LogP contribution in [-0.4, -0.2) is 68.3 Å². The Kier molecular flexibility index (Phi) is 6.70. The largest absolute Gasteiger partial charge is 0.494 e. The molecule has 0 saturated carbocycles. The lowest BCUT2D eigenvalue weighted by Crippen LogP contribution is -2.46. The second-order valence-corrected chi connectivity index (χ2v) is 7.01. The molecule has 2 aliphatic heterocycles. The Balaban J connectivity index is 1.49. The van der Waals surface area contributed by atoms with Crippen molar-refractivity contribution >= 4 is 5.91 Å². The van der Waals surface area contributed by atoms with Crippen LogP contribution in [-0.2, 0) is 16.0 Å². The number of ether oxygens (including phenoxy) is 2. The highest BCUT2D eigenvalue weighted by Crippen LogP contribution is 2.20. The molecule has 1 atom stereocenters. The SMILES string of the molecule is CCOc1ccc(CC(=O)N2CCC[C@@H](CN3CCOCC3)C2)cc1. The molecule has 0 bridgehead atoms. The van der Waals surface area contributed by atoms with E-state index in [-0.39, 0.29) is 5.91 Å². The topological polar surface area (TPSA) is 42.0 Å². The number of nitrogens with zero attached hydrogens (tertiary/aromatic N) is 2. The van der Waals surface area contributed by atoms with Crippen LogP contribution in [0.25, 0.3) is 0 Å². The maximum Gasteiger partial charge on any atom is 0.226 e. The summed E-state index contributed by atoms with van der Waals surface area (Å²) in [7, 11) is 0. The van der Waals surface area contributed by atoms with Crippen molar-refractivity contribution in [3.63, 3.8) is 0 Å². The molecule has 5 nitrogen and oxygen atoms in total. The molecule has 5 heteroatoms. The van der Waals surface area contributed by atoms with Gasteiger partial charge in [-0.25, -0.2) is 0 Å². The Labute approximate surface area is 150 Å². The van der Waals surface area contributed by atoms with E-state index in [1.54, 1.807) is 0 Å². The fourth-order valence-corrected chi connectivity index (χ4v) is 3.75. The summed E-state index contributed by atoms with van der Waals surface area (Å²) in [4.78, 5) is 17.2. The summed E-state index contributed by atoms with van der Waals surface area (Å²) >= 11 is 0. The Hall–Kier alpha value is -1.59. The summed E-state index contributed by atoms with van der Waals surface area (Å²) in [5.41, 5.74) is 1.06.